The number of halogens is 3. The normalized spacial score (nSPS) is 16.5. The SMILES string of the molecule is N#CC1(C(=O)Nc2ccc(OC(F)F)c(Cl)c2)CCCC1. The number of hydrogen-bond donors (Lipinski definition) is 1. The largest absolute Gasteiger partial charge is 0.433 e. The topological polar surface area (TPSA) is 62.1 Å². The molecule has 112 valence electrons. The van der Waals surface area contributed by atoms with Gasteiger partial charge in [0.1, 0.15) is 11.2 Å². The Hall–Kier alpha value is -1.87. The molecular weight excluding hydrogens is 302 g/mol. The van der Waals surface area contributed by atoms with Gasteiger partial charge in [0.15, 0.2) is 0 Å². The molecule has 1 aromatic carbocycles. The van der Waals surface area contributed by atoms with Crippen molar-refractivity contribution in [1.82, 2.24) is 0 Å². The van der Waals surface area contributed by atoms with Gasteiger partial charge in [-0.15, -0.1) is 0 Å². The van der Waals surface area contributed by atoms with Crippen LogP contribution in [0.3, 0.4) is 0 Å². The molecule has 0 heterocycles. The molecule has 0 unspecified atom stereocenters. The van der Waals surface area contributed by atoms with Crippen LogP contribution < -0.4 is 10.1 Å². The maximum atomic E-state index is 12.2. The number of alkyl halides is 2. The Kier molecular flexibility index (Phi) is 4.63. The molecule has 1 saturated carbocycles. The average molecular weight is 315 g/mol. The van der Waals surface area contributed by atoms with Gasteiger partial charge in [0, 0.05) is 5.69 Å². The molecule has 1 amide bonds. The molecule has 1 aliphatic rings. The fraction of sp³-hybridized carbons (Fsp3) is 0.429. The second kappa shape index (κ2) is 6.27. The quantitative estimate of drug-likeness (QED) is 0.914. The molecule has 1 N–H and O–H groups in total. The molecule has 21 heavy (non-hydrogen) atoms. The van der Waals surface area contributed by atoms with E-state index in [1.165, 1.54) is 18.2 Å². The Balaban J connectivity index is 2.11. The summed E-state index contributed by atoms with van der Waals surface area (Å²) in [7, 11) is 0. The summed E-state index contributed by atoms with van der Waals surface area (Å²) < 4.78 is 28.5. The Bertz CT molecular complexity index is 581. The summed E-state index contributed by atoms with van der Waals surface area (Å²) in [6.07, 6.45) is 2.72. The van der Waals surface area contributed by atoms with E-state index in [2.05, 4.69) is 16.1 Å². The average Bonchev–Trinajstić information content (AvgIpc) is 2.91. The minimum Gasteiger partial charge on any atom is -0.433 e. The minimum atomic E-state index is -2.97. The number of carbonyl (C=O) groups is 1. The first kappa shape index (κ1) is 15.5. The third-order valence-corrected chi connectivity index (χ3v) is 3.81. The molecule has 0 atom stereocenters. The maximum Gasteiger partial charge on any atom is 0.387 e. The first-order valence-corrected chi connectivity index (χ1v) is 6.82. The number of carbonyl (C=O) groups excluding carboxylic acids is 1. The third-order valence-electron chi connectivity index (χ3n) is 3.51. The molecule has 0 spiro atoms. The number of hydrogen-bond acceptors (Lipinski definition) is 3. The van der Waals surface area contributed by atoms with Crippen molar-refractivity contribution >= 4 is 23.2 Å². The van der Waals surface area contributed by atoms with E-state index in [4.69, 9.17) is 11.6 Å². The first-order chi connectivity index (χ1) is 9.97. The molecule has 1 aromatic rings. The lowest BCUT2D eigenvalue weighted by molar-refractivity contribution is -0.122. The zero-order valence-corrected chi connectivity index (χ0v) is 11.8. The number of nitrogens with zero attached hydrogens (tertiary/aromatic N) is 1. The monoisotopic (exact) mass is 314 g/mol. The predicted molar refractivity (Wildman–Crippen MR) is 73.2 cm³/mol. The van der Waals surface area contributed by atoms with Gasteiger partial charge in [0.25, 0.3) is 0 Å². The Morgan fingerprint density at radius 2 is 2.10 bits per heavy atom. The van der Waals surface area contributed by atoms with Gasteiger partial charge in [-0.2, -0.15) is 14.0 Å². The molecular formula is C14H13ClF2N2O2. The minimum absolute atomic E-state index is 0.0365. The Morgan fingerprint density at radius 3 is 2.62 bits per heavy atom. The Morgan fingerprint density at radius 1 is 1.43 bits per heavy atom. The molecule has 1 aliphatic carbocycles. The predicted octanol–water partition coefficient (Wildman–Crippen LogP) is 3.96. The van der Waals surface area contributed by atoms with Gasteiger partial charge in [-0.25, -0.2) is 0 Å². The van der Waals surface area contributed by atoms with Gasteiger partial charge in [-0.05, 0) is 31.0 Å². The number of rotatable bonds is 4. The number of nitrogens with one attached hydrogen (secondary N) is 1. The fourth-order valence-electron chi connectivity index (χ4n) is 2.39. The zero-order valence-electron chi connectivity index (χ0n) is 11.0. The summed E-state index contributed by atoms with van der Waals surface area (Å²) in [5, 5.41) is 11.8. The second-order valence-electron chi connectivity index (χ2n) is 4.88. The number of anilines is 1. The number of ether oxygens (including phenoxy) is 1. The first-order valence-electron chi connectivity index (χ1n) is 6.44. The molecule has 0 saturated heterocycles. The smallest absolute Gasteiger partial charge is 0.387 e. The maximum absolute atomic E-state index is 12.2. The standard InChI is InChI=1S/C14H13ClF2N2O2/c15-10-7-9(3-4-11(10)21-13(16)17)19-12(20)14(8-18)5-1-2-6-14/h3-4,7,13H,1-2,5-6H2,(H,19,20). The van der Waals surface area contributed by atoms with E-state index in [-0.39, 0.29) is 16.7 Å². The summed E-state index contributed by atoms with van der Waals surface area (Å²) in [6.45, 7) is -2.97. The van der Waals surface area contributed by atoms with Gasteiger partial charge in [-0.1, -0.05) is 24.4 Å². The zero-order chi connectivity index (χ0) is 15.5. The summed E-state index contributed by atoms with van der Waals surface area (Å²) in [4.78, 5) is 12.2. The molecule has 1 fully saturated rings. The van der Waals surface area contributed by atoms with Crippen LogP contribution in [0.4, 0.5) is 14.5 Å². The van der Waals surface area contributed by atoms with Crippen LogP contribution in [-0.2, 0) is 4.79 Å². The highest BCUT2D eigenvalue weighted by Crippen LogP contribution is 2.39. The lowest BCUT2D eigenvalue weighted by atomic mass is 9.87. The van der Waals surface area contributed by atoms with E-state index in [1.54, 1.807) is 0 Å². The van der Waals surface area contributed by atoms with Crippen LogP contribution in [-0.4, -0.2) is 12.5 Å². The molecule has 0 radical (unpaired) electrons. The van der Waals surface area contributed by atoms with Crippen LogP contribution in [0.15, 0.2) is 18.2 Å². The van der Waals surface area contributed by atoms with Crippen LogP contribution in [0.2, 0.25) is 5.02 Å². The van der Waals surface area contributed by atoms with Gasteiger partial charge in [0.2, 0.25) is 5.91 Å². The van der Waals surface area contributed by atoms with Crippen molar-refractivity contribution in [1.29, 1.82) is 5.26 Å². The van der Waals surface area contributed by atoms with Crippen molar-refractivity contribution in [2.45, 2.75) is 32.3 Å². The van der Waals surface area contributed by atoms with E-state index in [0.29, 0.717) is 18.5 Å². The van der Waals surface area contributed by atoms with E-state index >= 15 is 0 Å². The van der Waals surface area contributed by atoms with Gasteiger partial charge in [-0.3, -0.25) is 4.79 Å². The lowest BCUT2D eigenvalue weighted by Gasteiger charge is -2.19. The highest BCUT2D eigenvalue weighted by atomic mass is 35.5. The van der Waals surface area contributed by atoms with Crippen molar-refractivity contribution < 1.29 is 18.3 Å². The van der Waals surface area contributed by atoms with Crippen LogP contribution in [0.5, 0.6) is 5.75 Å². The van der Waals surface area contributed by atoms with E-state index in [0.717, 1.165) is 12.8 Å². The highest BCUT2D eigenvalue weighted by Gasteiger charge is 2.41. The van der Waals surface area contributed by atoms with E-state index in [1.807, 2.05) is 0 Å². The molecule has 7 heteroatoms. The molecule has 0 bridgehead atoms. The van der Waals surface area contributed by atoms with Crippen molar-refractivity contribution in [3.63, 3.8) is 0 Å². The van der Waals surface area contributed by atoms with Crippen molar-refractivity contribution in [3.05, 3.63) is 23.2 Å². The highest BCUT2D eigenvalue weighted by molar-refractivity contribution is 6.32. The van der Waals surface area contributed by atoms with Crippen molar-refractivity contribution in [2.75, 3.05) is 5.32 Å². The molecule has 2 rings (SSSR count). The number of benzene rings is 1. The van der Waals surface area contributed by atoms with Crippen molar-refractivity contribution in [2.24, 2.45) is 5.41 Å². The molecule has 0 aromatic heterocycles. The second-order valence-corrected chi connectivity index (χ2v) is 5.29. The van der Waals surface area contributed by atoms with Gasteiger partial charge < -0.3 is 10.1 Å². The fourth-order valence-corrected chi connectivity index (χ4v) is 2.61. The Labute approximate surface area is 125 Å². The number of amides is 1. The van der Waals surface area contributed by atoms with Crippen LogP contribution in [0, 0.1) is 16.7 Å². The van der Waals surface area contributed by atoms with E-state index < -0.39 is 12.0 Å². The van der Waals surface area contributed by atoms with Gasteiger partial charge in [0.05, 0.1) is 11.1 Å². The van der Waals surface area contributed by atoms with E-state index in [9.17, 15) is 18.8 Å². The van der Waals surface area contributed by atoms with Crippen LogP contribution >= 0.6 is 11.6 Å². The number of nitriles is 1. The summed E-state index contributed by atoms with van der Waals surface area (Å²) in [5.74, 6) is -0.554. The lowest BCUT2D eigenvalue weighted by Crippen LogP contribution is -2.32. The van der Waals surface area contributed by atoms with Crippen LogP contribution in [0.25, 0.3) is 0 Å². The van der Waals surface area contributed by atoms with Crippen molar-refractivity contribution in [3.8, 4) is 11.8 Å². The molecule has 0 aliphatic heterocycles. The summed E-state index contributed by atoms with van der Waals surface area (Å²) >= 11 is 5.81. The van der Waals surface area contributed by atoms with Gasteiger partial charge >= 0.3 is 6.61 Å². The summed E-state index contributed by atoms with van der Waals surface area (Å²) in [5.41, 5.74) is -0.668. The van der Waals surface area contributed by atoms with Crippen LogP contribution in [0.1, 0.15) is 25.7 Å². The molecule has 4 nitrogen and oxygen atoms in total. The summed E-state index contributed by atoms with van der Waals surface area (Å²) in [6, 6.07) is 6.05. The third kappa shape index (κ3) is 3.42.